The van der Waals surface area contributed by atoms with E-state index < -0.39 is 4.92 Å². The maximum absolute atomic E-state index is 10.8. The second-order valence-corrected chi connectivity index (χ2v) is 4.61. The summed E-state index contributed by atoms with van der Waals surface area (Å²) >= 11 is 0. The molecule has 1 aromatic rings. The molecule has 0 aliphatic heterocycles. The van der Waals surface area contributed by atoms with Gasteiger partial charge in [-0.15, -0.1) is 0 Å². The number of hydrogen-bond acceptors (Lipinski definition) is 4. The number of nitro groups is 1. The van der Waals surface area contributed by atoms with E-state index in [9.17, 15) is 10.1 Å². The van der Waals surface area contributed by atoms with Gasteiger partial charge in [0.05, 0.1) is 0 Å². The van der Waals surface area contributed by atoms with Gasteiger partial charge in [0, 0.05) is 20.5 Å². The van der Waals surface area contributed by atoms with Crippen LogP contribution in [0, 0.1) is 23.0 Å². The summed E-state index contributed by atoms with van der Waals surface area (Å²) < 4.78 is 1.72. The molecule has 0 bridgehead atoms. The molecule has 1 heterocycles. The smallest absolute Gasteiger partial charge is 0.364 e. The van der Waals surface area contributed by atoms with E-state index >= 15 is 0 Å². The lowest BCUT2D eigenvalue weighted by Gasteiger charge is -2.07. The van der Waals surface area contributed by atoms with Crippen LogP contribution in [0.25, 0.3) is 0 Å². The van der Waals surface area contributed by atoms with E-state index in [4.69, 9.17) is 0 Å². The van der Waals surface area contributed by atoms with Crippen molar-refractivity contribution in [1.29, 1.82) is 0 Å². The SMILES string of the molecule is Cc1nc([N+](=O)[O-])c(NCCCC(C)C)n1C. The molecule has 0 fully saturated rings. The Morgan fingerprint density at radius 2 is 2.18 bits per heavy atom. The van der Waals surface area contributed by atoms with Gasteiger partial charge in [-0.2, -0.15) is 0 Å². The van der Waals surface area contributed by atoms with Crippen LogP contribution in [0.15, 0.2) is 0 Å². The van der Waals surface area contributed by atoms with Crippen LogP contribution in [0.3, 0.4) is 0 Å². The lowest BCUT2D eigenvalue weighted by Crippen LogP contribution is -2.08. The maximum Gasteiger partial charge on any atom is 0.406 e. The topological polar surface area (TPSA) is 73.0 Å². The van der Waals surface area contributed by atoms with Gasteiger partial charge in [-0.1, -0.05) is 13.8 Å². The predicted molar refractivity (Wildman–Crippen MR) is 67.2 cm³/mol. The second kappa shape index (κ2) is 5.65. The minimum atomic E-state index is -0.447. The first-order valence-corrected chi connectivity index (χ1v) is 5.85. The molecule has 1 aromatic heterocycles. The third-order valence-corrected chi connectivity index (χ3v) is 2.72. The molecule has 6 nitrogen and oxygen atoms in total. The number of aryl methyl sites for hydroxylation is 1. The van der Waals surface area contributed by atoms with Crippen molar-refractivity contribution in [2.75, 3.05) is 11.9 Å². The largest absolute Gasteiger partial charge is 0.406 e. The average Bonchev–Trinajstić information content (AvgIpc) is 2.51. The van der Waals surface area contributed by atoms with E-state index in [1.54, 1.807) is 18.5 Å². The lowest BCUT2D eigenvalue weighted by molar-refractivity contribution is -0.388. The molecule has 96 valence electrons. The molecule has 0 saturated carbocycles. The fourth-order valence-electron chi connectivity index (χ4n) is 1.64. The van der Waals surface area contributed by atoms with Crippen molar-refractivity contribution in [2.24, 2.45) is 13.0 Å². The van der Waals surface area contributed by atoms with E-state index in [0.29, 0.717) is 17.6 Å². The van der Waals surface area contributed by atoms with Crippen LogP contribution in [0.1, 0.15) is 32.5 Å². The van der Waals surface area contributed by atoms with Gasteiger partial charge in [0.25, 0.3) is 0 Å². The van der Waals surface area contributed by atoms with Gasteiger partial charge in [-0.25, -0.2) is 0 Å². The van der Waals surface area contributed by atoms with Crippen LogP contribution in [0.5, 0.6) is 0 Å². The highest BCUT2D eigenvalue weighted by atomic mass is 16.6. The summed E-state index contributed by atoms with van der Waals surface area (Å²) in [5.74, 6) is 1.70. The molecule has 17 heavy (non-hydrogen) atoms. The molecule has 1 rings (SSSR count). The third kappa shape index (κ3) is 3.44. The minimum Gasteiger partial charge on any atom is -0.364 e. The zero-order chi connectivity index (χ0) is 13.0. The molecule has 0 radical (unpaired) electrons. The van der Waals surface area contributed by atoms with Gasteiger partial charge in [0.2, 0.25) is 11.6 Å². The number of nitrogens with zero attached hydrogens (tertiary/aromatic N) is 3. The first-order valence-electron chi connectivity index (χ1n) is 5.85. The van der Waals surface area contributed by atoms with E-state index in [-0.39, 0.29) is 5.82 Å². The Morgan fingerprint density at radius 3 is 2.71 bits per heavy atom. The fourth-order valence-corrected chi connectivity index (χ4v) is 1.64. The maximum atomic E-state index is 10.8. The molecule has 0 aromatic carbocycles. The van der Waals surface area contributed by atoms with Crippen molar-refractivity contribution in [2.45, 2.75) is 33.6 Å². The van der Waals surface area contributed by atoms with Gasteiger partial charge in [0.15, 0.2) is 0 Å². The Kier molecular flexibility index (Phi) is 4.48. The normalized spacial score (nSPS) is 10.9. The van der Waals surface area contributed by atoms with Crippen molar-refractivity contribution < 1.29 is 4.92 Å². The summed E-state index contributed by atoms with van der Waals surface area (Å²) in [6, 6.07) is 0. The molecular weight excluding hydrogens is 220 g/mol. The molecule has 0 atom stereocenters. The van der Waals surface area contributed by atoms with Crippen molar-refractivity contribution in [3.8, 4) is 0 Å². The molecule has 0 saturated heterocycles. The second-order valence-electron chi connectivity index (χ2n) is 4.61. The standard InChI is InChI=1S/C11H20N4O2/c1-8(2)6-5-7-12-10-11(15(16)17)13-9(3)14(10)4/h8,12H,5-7H2,1-4H3. The Balaban J connectivity index is 2.66. The van der Waals surface area contributed by atoms with Crippen LogP contribution in [-0.2, 0) is 7.05 Å². The highest BCUT2D eigenvalue weighted by molar-refractivity contribution is 5.53. The number of hydrogen-bond donors (Lipinski definition) is 1. The van der Waals surface area contributed by atoms with Crippen LogP contribution in [0.2, 0.25) is 0 Å². The summed E-state index contributed by atoms with van der Waals surface area (Å²) in [6.07, 6.45) is 2.11. The zero-order valence-electron chi connectivity index (χ0n) is 10.9. The van der Waals surface area contributed by atoms with E-state index in [0.717, 1.165) is 19.4 Å². The highest BCUT2D eigenvalue weighted by Crippen LogP contribution is 2.23. The van der Waals surface area contributed by atoms with Crippen molar-refractivity contribution in [1.82, 2.24) is 9.55 Å². The Labute approximate surface area is 101 Å². The fraction of sp³-hybridized carbons (Fsp3) is 0.727. The van der Waals surface area contributed by atoms with Gasteiger partial charge < -0.3 is 15.4 Å². The highest BCUT2D eigenvalue weighted by Gasteiger charge is 2.22. The van der Waals surface area contributed by atoms with Crippen LogP contribution in [0.4, 0.5) is 11.6 Å². The van der Waals surface area contributed by atoms with E-state index in [1.165, 1.54) is 0 Å². The first kappa shape index (κ1) is 13.5. The Morgan fingerprint density at radius 1 is 1.53 bits per heavy atom. The third-order valence-electron chi connectivity index (χ3n) is 2.72. The summed E-state index contributed by atoms with van der Waals surface area (Å²) in [4.78, 5) is 14.3. The van der Waals surface area contributed by atoms with Crippen LogP contribution < -0.4 is 5.32 Å². The minimum absolute atomic E-state index is 0.0884. The van der Waals surface area contributed by atoms with Gasteiger partial charge in [-0.05, 0) is 28.7 Å². The average molecular weight is 240 g/mol. The molecule has 6 heteroatoms. The Bertz CT molecular complexity index is 398. The molecule has 0 spiro atoms. The summed E-state index contributed by atoms with van der Waals surface area (Å²) in [7, 11) is 1.78. The van der Waals surface area contributed by atoms with Crippen LogP contribution >= 0.6 is 0 Å². The molecule has 1 N–H and O–H groups in total. The predicted octanol–water partition coefficient (Wildman–Crippen LogP) is 2.48. The summed E-state index contributed by atoms with van der Waals surface area (Å²) in [5, 5.41) is 13.9. The zero-order valence-corrected chi connectivity index (χ0v) is 10.9. The first-order chi connectivity index (χ1) is 7.93. The summed E-state index contributed by atoms with van der Waals surface area (Å²) in [5.41, 5.74) is 0. The van der Waals surface area contributed by atoms with Gasteiger partial charge >= 0.3 is 5.82 Å². The number of anilines is 1. The van der Waals surface area contributed by atoms with Crippen molar-refractivity contribution in [3.05, 3.63) is 15.9 Å². The molecular formula is C11H20N4O2. The molecule has 0 amide bonds. The van der Waals surface area contributed by atoms with E-state index in [1.807, 2.05) is 0 Å². The Hall–Kier alpha value is -1.59. The quantitative estimate of drug-likeness (QED) is 0.471. The molecule has 0 aliphatic carbocycles. The number of nitrogens with one attached hydrogen (secondary N) is 1. The van der Waals surface area contributed by atoms with Gasteiger partial charge in [-0.3, -0.25) is 4.57 Å². The number of imidazole rings is 1. The lowest BCUT2D eigenvalue weighted by atomic mass is 10.1. The van der Waals surface area contributed by atoms with Crippen LogP contribution in [-0.4, -0.2) is 21.0 Å². The summed E-state index contributed by atoms with van der Waals surface area (Å²) in [6.45, 7) is 6.82. The van der Waals surface area contributed by atoms with Crippen molar-refractivity contribution in [3.63, 3.8) is 0 Å². The van der Waals surface area contributed by atoms with Crippen molar-refractivity contribution >= 4 is 11.6 Å². The molecule has 0 aliphatic rings. The van der Waals surface area contributed by atoms with Gasteiger partial charge in [0.1, 0.15) is 0 Å². The monoisotopic (exact) mass is 240 g/mol. The van der Waals surface area contributed by atoms with E-state index in [2.05, 4.69) is 24.1 Å². The molecule has 0 unspecified atom stereocenters. The number of rotatable bonds is 6. The number of aromatic nitrogens is 2.